The lowest BCUT2D eigenvalue weighted by atomic mass is 10.3. The number of aromatic nitrogens is 4. The molecule has 2 aromatic heterocycles. The molecule has 0 aliphatic heterocycles. The lowest BCUT2D eigenvalue weighted by molar-refractivity contribution is 0.522. The first-order chi connectivity index (χ1) is 9.36. The maximum Gasteiger partial charge on any atom is 0.293 e. The molecule has 0 spiro atoms. The second kappa shape index (κ2) is 4.88. The van der Waals surface area contributed by atoms with Crippen LogP contribution < -0.4 is 4.74 Å². The van der Waals surface area contributed by atoms with Crippen molar-refractivity contribution in [1.29, 1.82) is 5.26 Å². The Bertz CT molecular complexity index is 728. The van der Waals surface area contributed by atoms with Gasteiger partial charge in [-0.2, -0.15) is 0 Å². The van der Waals surface area contributed by atoms with Crippen molar-refractivity contribution in [1.82, 2.24) is 20.2 Å². The highest BCUT2D eigenvalue weighted by Crippen LogP contribution is 2.30. The van der Waals surface area contributed by atoms with Crippen molar-refractivity contribution in [2.24, 2.45) is 0 Å². The molecule has 0 aliphatic rings. The minimum absolute atomic E-state index is 0.502. The lowest BCUT2D eigenvalue weighted by Gasteiger charge is -1.95. The predicted molar refractivity (Wildman–Crippen MR) is 68.7 cm³/mol. The van der Waals surface area contributed by atoms with Crippen LogP contribution in [0.2, 0.25) is 0 Å². The summed E-state index contributed by atoms with van der Waals surface area (Å²) in [6, 6.07) is 13.0. The van der Waals surface area contributed by atoms with Gasteiger partial charge in [0.2, 0.25) is 5.82 Å². The van der Waals surface area contributed by atoms with E-state index in [4.69, 9.17) is 10.00 Å². The quantitative estimate of drug-likeness (QED) is 0.681. The number of benzene rings is 1. The normalized spacial score (nSPS) is 10.1. The molecule has 19 heavy (non-hydrogen) atoms. The van der Waals surface area contributed by atoms with Gasteiger partial charge in [-0.25, -0.2) is 0 Å². The summed E-state index contributed by atoms with van der Waals surface area (Å²) in [4.78, 5) is 2.26. The number of hydrogen-bond donors (Lipinski definition) is 0. The molecule has 0 atom stereocenters. The fourth-order valence-electron chi connectivity index (χ4n) is 1.52. The van der Waals surface area contributed by atoms with E-state index in [1.165, 1.54) is 16.1 Å². The Morgan fingerprint density at radius 3 is 2.79 bits per heavy atom. The molecule has 0 N–H and O–H groups in total. The van der Waals surface area contributed by atoms with Gasteiger partial charge in [-0.3, -0.25) is 0 Å². The fourth-order valence-corrected chi connectivity index (χ4v) is 2.26. The summed E-state index contributed by atoms with van der Waals surface area (Å²) < 4.78 is 4.74. The molecule has 2 heterocycles. The van der Waals surface area contributed by atoms with Gasteiger partial charge in [0.15, 0.2) is 5.06 Å². The Labute approximate surface area is 112 Å². The third kappa shape index (κ3) is 2.29. The van der Waals surface area contributed by atoms with Crippen molar-refractivity contribution >= 4 is 11.3 Å². The minimum atomic E-state index is 0.502. The summed E-state index contributed by atoms with van der Waals surface area (Å²) in [5.74, 6) is 0.502. The zero-order chi connectivity index (χ0) is 13.1. The summed E-state index contributed by atoms with van der Waals surface area (Å²) in [5.41, 5.74) is 0.839. The van der Waals surface area contributed by atoms with E-state index in [-0.39, 0.29) is 0 Å². The average Bonchev–Trinajstić information content (AvgIpc) is 3.08. The van der Waals surface area contributed by atoms with E-state index < -0.39 is 0 Å². The number of tetrazole rings is 1. The molecule has 3 rings (SSSR count). The minimum Gasteiger partial charge on any atom is -0.377 e. The number of rotatable bonds is 3. The van der Waals surface area contributed by atoms with Gasteiger partial charge < -0.3 is 4.74 Å². The monoisotopic (exact) mass is 269 g/mol. The highest BCUT2D eigenvalue weighted by molar-refractivity contribution is 7.17. The molecule has 7 heteroatoms. The zero-order valence-corrected chi connectivity index (χ0v) is 10.4. The third-order valence-corrected chi connectivity index (χ3v) is 3.31. The molecule has 0 bridgehead atoms. The van der Waals surface area contributed by atoms with E-state index in [2.05, 4.69) is 15.4 Å². The van der Waals surface area contributed by atoms with Crippen LogP contribution in [0.3, 0.4) is 0 Å². The van der Waals surface area contributed by atoms with Crippen LogP contribution in [0.15, 0.2) is 42.5 Å². The standard InChI is InChI=1S/C12H7N5OS/c13-8-18-11-7-6-10(19-11)12-14-16-17(15-12)9-4-2-1-3-5-9/h1-7H. The molecule has 0 amide bonds. The van der Waals surface area contributed by atoms with Gasteiger partial charge in [0.25, 0.3) is 6.26 Å². The molecular formula is C12H7N5OS. The van der Waals surface area contributed by atoms with E-state index >= 15 is 0 Å². The van der Waals surface area contributed by atoms with Crippen LogP contribution in [0.25, 0.3) is 16.4 Å². The number of nitriles is 1. The van der Waals surface area contributed by atoms with Gasteiger partial charge >= 0.3 is 0 Å². The van der Waals surface area contributed by atoms with Crippen molar-refractivity contribution in [3.63, 3.8) is 0 Å². The van der Waals surface area contributed by atoms with Crippen molar-refractivity contribution in [3.8, 4) is 27.7 Å². The smallest absolute Gasteiger partial charge is 0.293 e. The number of hydrogen-bond acceptors (Lipinski definition) is 6. The predicted octanol–water partition coefficient (Wildman–Crippen LogP) is 2.25. The van der Waals surface area contributed by atoms with Crippen molar-refractivity contribution in [3.05, 3.63) is 42.5 Å². The Kier molecular flexibility index (Phi) is 2.92. The first-order valence-electron chi connectivity index (χ1n) is 5.38. The molecule has 0 saturated heterocycles. The Morgan fingerprint density at radius 2 is 2.00 bits per heavy atom. The molecule has 0 fully saturated rings. The lowest BCUT2D eigenvalue weighted by Crippen LogP contribution is -1.97. The first kappa shape index (κ1) is 11.4. The van der Waals surface area contributed by atoms with E-state index in [1.807, 2.05) is 30.3 Å². The Morgan fingerprint density at radius 1 is 1.16 bits per heavy atom. The van der Waals surface area contributed by atoms with Crippen LogP contribution >= 0.6 is 11.3 Å². The Balaban J connectivity index is 1.91. The molecule has 92 valence electrons. The van der Waals surface area contributed by atoms with Gasteiger partial charge in [-0.05, 0) is 29.5 Å². The molecule has 0 radical (unpaired) electrons. The van der Waals surface area contributed by atoms with E-state index in [9.17, 15) is 0 Å². The van der Waals surface area contributed by atoms with Crippen LogP contribution in [0, 0.1) is 11.5 Å². The molecule has 6 nitrogen and oxygen atoms in total. The number of ether oxygens (including phenoxy) is 1. The molecule has 0 aliphatic carbocycles. The second-order valence-corrected chi connectivity index (χ2v) is 4.60. The number of thiophene rings is 1. The molecule has 0 unspecified atom stereocenters. The maximum atomic E-state index is 8.44. The summed E-state index contributed by atoms with van der Waals surface area (Å²) in [6.07, 6.45) is 1.63. The SMILES string of the molecule is N#COc1ccc(-c2nnn(-c3ccccc3)n2)s1. The first-order valence-corrected chi connectivity index (χ1v) is 6.20. The highest BCUT2D eigenvalue weighted by Gasteiger charge is 2.10. The summed E-state index contributed by atoms with van der Waals surface area (Å²) in [5, 5.41) is 21.2. The summed E-state index contributed by atoms with van der Waals surface area (Å²) >= 11 is 1.30. The van der Waals surface area contributed by atoms with Crippen molar-refractivity contribution < 1.29 is 4.74 Å². The summed E-state index contributed by atoms with van der Waals surface area (Å²) in [6.45, 7) is 0. The van der Waals surface area contributed by atoms with Gasteiger partial charge in [0.05, 0.1) is 10.6 Å². The molecule has 3 aromatic rings. The van der Waals surface area contributed by atoms with Crippen molar-refractivity contribution in [2.45, 2.75) is 0 Å². The van der Waals surface area contributed by atoms with Crippen molar-refractivity contribution in [2.75, 3.05) is 0 Å². The molecule has 1 aromatic carbocycles. The fraction of sp³-hybridized carbons (Fsp3) is 0. The second-order valence-electron chi connectivity index (χ2n) is 3.55. The maximum absolute atomic E-state index is 8.44. The topological polar surface area (TPSA) is 76.6 Å². The molecule has 0 saturated carbocycles. The van der Waals surface area contributed by atoms with Gasteiger partial charge in [-0.1, -0.05) is 29.5 Å². The van der Waals surface area contributed by atoms with Crippen LogP contribution in [-0.2, 0) is 0 Å². The van der Waals surface area contributed by atoms with Crippen LogP contribution in [0.1, 0.15) is 0 Å². The van der Waals surface area contributed by atoms with Crippen LogP contribution in [-0.4, -0.2) is 20.2 Å². The van der Waals surface area contributed by atoms with Gasteiger partial charge in [0.1, 0.15) is 0 Å². The third-order valence-electron chi connectivity index (χ3n) is 2.35. The largest absolute Gasteiger partial charge is 0.377 e. The van der Waals surface area contributed by atoms with E-state index in [0.717, 1.165) is 10.6 Å². The average molecular weight is 269 g/mol. The van der Waals surface area contributed by atoms with E-state index in [0.29, 0.717) is 10.9 Å². The summed E-state index contributed by atoms with van der Waals surface area (Å²) in [7, 11) is 0. The zero-order valence-electron chi connectivity index (χ0n) is 9.59. The Hall–Kier alpha value is -2.72. The number of para-hydroxylation sites is 1. The molecular weight excluding hydrogens is 262 g/mol. The van der Waals surface area contributed by atoms with Crippen LogP contribution in [0.5, 0.6) is 5.06 Å². The van der Waals surface area contributed by atoms with Gasteiger partial charge in [0, 0.05) is 0 Å². The van der Waals surface area contributed by atoms with Gasteiger partial charge in [-0.15, -0.1) is 20.3 Å². The van der Waals surface area contributed by atoms with E-state index in [1.54, 1.807) is 18.4 Å². The number of nitrogens with zero attached hydrogens (tertiary/aromatic N) is 5. The van der Waals surface area contributed by atoms with Crippen LogP contribution in [0.4, 0.5) is 0 Å². The highest BCUT2D eigenvalue weighted by atomic mass is 32.1.